The number of rotatable bonds is 5. The van der Waals surface area contributed by atoms with Crippen molar-refractivity contribution in [1.29, 1.82) is 0 Å². The third kappa shape index (κ3) is 3.68. The maximum atomic E-state index is 5.76. The SMILES string of the molecule is CCSCCOc1ccc(Cl)cc1N. The molecule has 1 aromatic rings. The Hall–Kier alpha value is -0.540. The van der Waals surface area contributed by atoms with Crippen molar-refractivity contribution < 1.29 is 4.74 Å². The van der Waals surface area contributed by atoms with E-state index < -0.39 is 0 Å². The molecule has 0 radical (unpaired) electrons. The summed E-state index contributed by atoms with van der Waals surface area (Å²) in [7, 11) is 0. The number of anilines is 1. The largest absolute Gasteiger partial charge is 0.491 e. The molecule has 0 unspecified atom stereocenters. The molecule has 0 fully saturated rings. The summed E-state index contributed by atoms with van der Waals surface area (Å²) in [6.45, 7) is 2.81. The molecule has 1 aromatic carbocycles. The zero-order valence-corrected chi connectivity index (χ0v) is 9.70. The maximum Gasteiger partial charge on any atom is 0.142 e. The van der Waals surface area contributed by atoms with E-state index in [4.69, 9.17) is 22.1 Å². The number of benzene rings is 1. The lowest BCUT2D eigenvalue weighted by Gasteiger charge is -2.08. The Bertz CT molecular complexity index is 293. The fourth-order valence-electron chi connectivity index (χ4n) is 1.01. The van der Waals surface area contributed by atoms with Crippen LogP contribution in [-0.4, -0.2) is 18.1 Å². The molecule has 2 nitrogen and oxygen atoms in total. The van der Waals surface area contributed by atoms with Gasteiger partial charge < -0.3 is 10.5 Å². The molecule has 0 bridgehead atoms. The lowest BCUT2D eigenvalue weighted by molar-refractivity contribution is 0.346. The van der Waals surface area contributed by atoms with Crippen LogP contribution in [0.15, 0.2) is 18.2 Å². The lowest BCUT2D eigenvalue weighted by atomic mass is 10.3. The molecule has 0 aromatic heterocycles. The molecule has 0 aliphatic rings. The minimum absolute atomic E-state index is 0.596. The van der Waals surface area contributed by atoms with Crippen molar-refractivity contribution in [2.45, 2.75) is 6.92 Å². The van der Waals surface area contributed by atoms with Crippen LogP contribution in [0.2, 0.25) is 5.02 Å². The van der Waals surface area contributed by atoms with Crippen LogP contribution in [0.3, 0.4) is 0 Å². The van der Waals surface area contributed by atoms with Gasteiger partial charge in [-0.25, -0.2) is 0 Å². The second-order valence-electron chi connectivity index (χ2n) is 2.73. The Morgan fingerprint density at radius 2 is 2.29 bits per heavy atom. The van der Waals surface area contributed by atoms with E-state index in [-0.39, 0.29) is 0 Å². The van der Waals surface area contributed by atoms with Gasteiger partial charge in [-0.2, -0.15) is 11.8 Å². The standard InChI is InChI=1S/C10H14ClNOS/c1-2-14-6-5-13-10-4-3-8(11)7-9(10)12/h3-4,7H,2,5-6,12H2,1H3. The third-order valence-electron chi connectivity index (χ3n) is 1.66. The summed E-state index contributed by atoms with van der Waals surface area (Å²) in [6, 6.07) is 5.28. The van der Waals surface area contributed by atoms with Crippen molar-refractivity contribution in [2.24, 2.45) is 0 Å². The van der Waals surface area contributed by atoms with Crippen LogP contribution in [0.5, 0.6) is 5.75 Å². The van der Waals surface area contributed by atoms with Crippen molar-refractivity contribution in [3.05, 3.63) is 23.2 Å². The van der Waals surface area contributed by atoms with Gasteiger partial charge in [-0.1, -0.05) is 18.5 Å². The molecule has 1 rings (SSSR count). The summed E-state index contributed by atoms with van der Waals surface area (Å²) >= 11 is 7.61. The summed E-state index contributed by atoms with van der Waals surface area (Å²) < 4.78 is 5.49. The first-order valence-electron chi connectivity index (χ1n) is 4.49. The van der Waals surface area contributed by atoms with Gasteiger partial charge in [-0.05, 0) is 24.0 Å². The molecular formula is C10H14ClNOS. The quantitative estimate of drug-likeness (QED) is 0.625. The molecule has 0 aliphatic heterocycles. The first kappa shape index (κ1) is 11.5. The van der Waals surface area contributed by atoms with Gasteiger partial charge in [0.25, 0.3) is 0 Å². The molecule has 0 heterocycles. The second-order valence-corrected chi connectivity index (χ2v) is 4.56. The van der Waals surface area contributed by atoms with E-state index in [0.717, 1.165) is 11.5 Å². The highest BCUT2D eigenvalue weighted by molar-refractivity contribution is 7.99. The fraction of sp³-hybridized carbons (Fsp3) is 0.400. The van der Waals surface area contributed by atoms with Gasteiger partial charge in [0.05, 0.1) is 12.3 Å². The summed E-state index contributed by atoms with van der Waals surface area (Å²) in [5, 5.41) is 0.637. The summed E-state index contributed by atoms with van der Waals surface area (Å²) in [4.78, 5) is 0. The van der Waals surface area contributed by atoms with Crippen LogP contribution < -0.4 is 10.5 Å². The topological polar surface area (TPSA) is 35.2 Å². The predicted octanol–water partition coefficient (Wildman–Crippen LogP) is 3.05. The maximum absolute atomic E-state index is 5.76. The van der Waals surface area contributed by atoms with Crippen LogP contribution in [0.4, 0.5) is 5.69 Å². The van der Waals surface area contributed by atoms with Crippen LogP contribution in [0, 0.1) is 0 Å². The van der Waals surface area contributed by atoms with Crippen molar-refractivity contribution in [2.75, 3.05) is 23.8 Å². The van der Waals surface area contributed by atoms with E-state index in [1.54, 1.807) is 18.2 Å². The number of ether oxygens (including phenoxy) is 1. The predicted molar refractivity (Wildman–Crippen MR) is 64.4 cm³/mol. The molecule has 14 heavy (non-hydrogen) atoms. The number of hydrogen-bond acceptors (Lipinski definition) is 3. The fourth-order valence-corrected chi connectivity index (χ4v) is 1.68. The lowest BCUT2D eigenvalue weighted by Crippen LogP contribution is -2.02. The van der Waals surface area contributed by atoms with E-state index in [2.05, 4.69) is 6.92 Å². The highest BCUT2D eigenvalue weighted by Gasteiger charge is 2.00. The van der Waals surface area contributed by atoms with E-state index in [1.807, 2.05) is 11.8 Å². The zero-order chi connectivity index (χ0) is 10.4. The smallest absolute Gasteiger partial charge is 0.142 e. The molecule has 0 atom stereocenters. The summed E-state index contributed by atoms with van der Waals surface area (Å²) in [5.74, 6) is 2.81. The average Bonchev–Trinajstić information content (AvgIpc) is 2.15. The summed E-state index contributed by atoms with van der Waals surface area (Å²) in [6.07, 6.45) is 0. The highest BCUT2D eigenvalue weighted by Crippen LogP contribution is 2.24. The molecule has 0 amide bonds. The van der Waals surface area contributed by atoms with E-state index in [1.165, 1.54) is 0 Å². The van der Waals surface area contributed by atoms with E-state index >= 15 is 0 Å². The molecule has 0 spiro atoms. The molecule has 0 aliphatic carbocycles. The Morgan fingerprint density at radius 1 is 1.50 bits per heavy atom. The van der Waals surface area contributed by atoms with Crippen molar-refractivity contribution in [3.8, 4) is 5.75 Å². The zero-order valence-electron chi connectivity index (χ0n) is 8.13. The summed E-state index contributed by atoms with van der Waals surface area (Å²) in [5.41, 5.74) is 6.32. The van der Waals surface area contributed by atoms with Gasteiger partial charge in [-0.15, -0.1) is 0 Å². The van der Waals surface area contributed by atoms with Crippen molar-refractivity contribution in [1.82, 2.24) is 0 Å². The van der Waals surface area contributed by atoms with E-state index in [0.29, 0.717) is 23.1 Å². The minimum Gasteiger partial charge on any atom is -0.491 e. The molecule has 0 saturated heterocycles. The van der Waals surface area contributed by atoms with Gasteiger partial charge in [0.15, 0.2) is 0 Å². The Balaban J connectivity index is 2.42. The molecule has 2 N–H and O–H groups in total. The van der Waals surface area contributed by atoms with Crippen molar-refractivity contribution >= 4 is 29.1 Å². The molecule has 78 valence electrons. The average molecular weight is 232 g/mol. The molecular weight excluding hydrogens is 218 g/mol. The highest BCUT2D eigenvalue weighted by atomic mass is 35.5. The number of nitrogens with two attached hydrogens (primary N) is 1. The first-order valence-corrected chi connectivity index (χ1v) is 6.03. The van der Waals surface area contributed by atoms with Gasteiger partial charge in [0, 0.05) is 10.8 Å². The second kappa shape index (κ2) is 6.04. The minimum atomic E-state index is 0.596. The number of nitrogen functional groups attached to an aromatic ring is 1. The number of halogens is 1. The Labute approximate surface area is 93.8 Å². The Morgan fingerprint density at radius 3 is 2.93 bits per heavy atom. The number of hydrogen-bond donors (Lipinski definition) is 1. The molecule has 4 heteroatoms. The monoisotopic (exact) mass is 231 g/mol. The van der Waals surface area contributed by atoms with Gasteiger partial charge in [0.2, 0.25) is 0 Å². The van der Waals surface area contributed by atoms with Crippen LogP contribution >= 0.6 is 23.4 Å². The van der Waals surface area contributed by atoms with Gasteiger partial charge >= 0.3 is 0 Å². The third-order valence-corrected chi connectivity index (χ3v) is 2.76. The van der Waals surface area contributed by atoms with Crippen LogP contribution in [0.25, 0.3) is 0 Å². The Kier molecular flexibility index (Phi) is 4.98. The van der Waals surface area contributed by atoms with Crippen LogP contribution in [0.1, 0.15) is 6.92 Å². The van der Waals surface area contributed by atoms with E-state index in [9.17, 15) is 0 Å². The van der Waals surface area contributed by atoms with Crippen LogP contribution in [-0.2, 0) is 0 Å². The van der Waals surface area contributed by atoms with Crippen molar-refractivity contribution in [3.63, 3.8) is 0 Å². The first-order chi connectivity index (χ1) is 6.74. The number of thioether (sulfide) groups is 1. The molecule has 0 saturated carbocycles. The van der Waals surface area contributed by atoms with Gasteiger partial charge in [-0.3, -0.25) is 0 Å². The normalized spacial score (nSPS) is 10.1. The van der Waals surface area contributed by atoms with Gasteiger partial charge in [0.1, 0.15) is 5.75 Å².